The van der Waals surface area contributed by atoms with E-state index in [0.29, 0.717) is 48.7 Å². The Hall–Kier alpha value is -4.56. The maximum Gasteiger partial charge on any atom is 0.253 e. The van der Waals surface area contributed by atoms with Gasteiger partial charge >= 0.3 is 0 Å². The Morgan fingerprint density at radius 3 is 2.14 bits per heavy atom. The van der Waals surface area contributed by atoms with Crippen LogP contribution in [0.2, 0.25) is 0 Å². The predicted octanol–water partition coefficient (Wildman–Crippen LogP) is 2.13. The largest absolute Gasteiger partial charge is 0.345 e. The van der Waals surface area contributed by atoms with Gasteiger partial charge in [0.1, 0.15) is 18.2 Å². The normalized spacial score (nSPS) is 20.9. The number of nitrogens with one attached hydrogen (secondary N) is 2. The maximum absolute atomic E-state index is 13.2. The first-order valence-electron chi connectivity index (χ1n) is 15.1. The molecule has 228 valence electrons. The molecule has 2 fully saturated rings. The number of carbonyl (C=O) groups is 3. The number of H-pyrrole nitrogens is 1. The zero-order chi connectivity index (χ0) is 31.2. The number of benzene rings is 2. The Kier molecular flexibility index (Phi) is 7.72. The van der Waals surface area contributed by atoms with Gasteiger partial charge in [-0.3, -0.25) is 19.5 Å². The first kappa shape index (κ1) is 29.5. The highest BCUT2D eigenvalue weighted by Crippen LogP contribution is 2.48. The molecule has 1 aliphatic heterocycles. The van der Waals surface area contributed by atoms with Crippen molar-refractivity contribution in [1.82, 2.24) is 35.2 Å². The van der Waals surface area contributed by atoms with Gasteiger partial charge in [-0.25, -0.2) is 4.98 Å². The number of amides is 3. The molecule has 2 aromatic carbocycles. The Bertz CT molecular complexity index is 1570. The van der Waals surface area contributed by atoms with Crippen molar-refractivity contribution in [1.29, 1.82) is 5.26 Å². The fraction of sp³-hybridized carbons (Fsp3) is 0.455. The summed E-state index contributed by atoms with van der Waals surface area (Å²) in [4.78, 5) is 48.7. The maximum atomic E-state index is 13.2. The monoisotopic (exact) mass is 594 g/mol. The lowest BCUT2D eigenvalue weighted by Gasteiger charge is -2.35. The predicted molar refractivity (Wildman–Crippen MR) is 163 cm³/mol. The number of aromatic nitrogens is 3. The molecule has 1 saturated heterocycles. The van der Waals surface area contributed by atoms with Crippen molar-refractivity contribution in [3.63, 3.8) is 0 Å². The second kappa shape index (κ2) is 11.5. The highest BCUT2D eigenvalue weighted by atomic mass is 16.2. The van der Waals surface area contributed by atoms with Crippen molar-refractivity contribution >= 4 is 17.7 Å². The van der Waals surface area contributed by atoms with Crippen molar-refractivity contribution < 1.29 is 14.4 Å². The summed E-state index contributed by atoms with van der Waals surface area (Å²) >= 11 is 0. The summed E-state index contributed by atoms with van der Waals surface area (Å²) in [6.07, 6.45) is 5.13. The van der Waals surface area contributed by atoms with Crippen LogP contribution in [0.25, 0.3) is 0 Å². The number of rotatable bonds is 8. The topological polar surface area (TPSA) is 138 Å². The highest BCUT2D eigenvalue weighted by Gasteiger charge is 2.54. The summed E-state index contributed by atoms with van der Waals surface area (Å²) in [5.74, 6) is 0.920. The molecule has 11 heteroatoms. The number of carbonyl (C=O) groups excluding carboxylic acids is 3. The van der Waals surface area contributed by atoms with E-state index in [1.807, 2.05) is 36.4 Å². The summed E-state index contributed by atoms with van der Waals surface area (Å²) in [5.41, 5.74) is 4.48. The van der Waals surface area contributed by atoms with Crippen LogP contribution < -0.4 is 5.32 Å². The molecule has 1 saturated carbocycles. The van der Waals surface area contributed by atoms with E-state index in [1.165, 1.54) is 6.33 Å². The lowest BCUT2D eigenvalue weighted by Crippen LogP contribution is -2.44. The number of aromatic amines is 1. The van der Waals surface area contributed by atoms with Crippen molar-refractivity contribution in [2.24, 2.45) is 5.92 Å². The van der Waals surface area contributed by atoms with Crippen molar-refractivity contribution in [2.75, 3.05) is 41.3 Å². The van der Waals surface area contributed by atoms with Crippen LogP contribution in [0.4, 0.5) is 0 Å². The first-order valence-corrected chi connectivity index (χ1v) is 15.1. The molecule has 1 unspecified atom stereocenters. The summed E-state index contributed by atoms with van der Waals surface area (Å²) < 4.78 is 0. The molecule has 0 bridgehead atoms. The van der Waals surface area contributed by atoms with Crippen molar-refractivity contribution in [2.45, 2.75) is 49.6 Å². The Morgan fingerprint density at radius 1 is 1.00 bits per heavy atom. The van der Waals surface area contributed by atoms with Crippen molar-refractivity contribution in [3.8, 4) is 6.07 Å². The van der Waals surface area contributed by atoms with Gasteiger partial charge in [-0.05, 0) is 91.1 Å². The molecule has 6 rings (SSSR count). The van der Waals surface area contributed by atoms with E-state index in [0.717, 1.165) is 35.1 Å². The number of nitrogens with zero attached hydrogens (tertiary/aromatic N) is 6. The SMILES string of the molecule is CN(C)C(=O)c1ccc2c(c1)CCc1cc(C(=O)N(C)C)ccc1C2(CCNCC(=O)N1C(C#N)C[C@@H]2C[C@@H]21)c1ncn[nH]1. The fourth-order valence-corrected chi connectivity index (χ4v) is 7.18. The Morgan fingerprint density at radius 2 is 1.61 bits per heavy atom. The molecule has 0 spiro atoms. The summed E-state index contributed by atoms with van der Waals surface area (Å²) in [7, 11) is 6.96. The lowest BCUT2D eigenvalue weighted by atomic mass is 9.69. The third-order valence-electron chi connectivity index (χ3n) is 9.41. The zero-order valence-corrected chi connectivity index (χ0v) is 25.6. The van der Waals surface area contributed by atoms with Crippen LogP contribution in [-0.4, -0.2) is 101 Å². The van der Waals surface area contributed by atoms with Crippen LogP contribution in [-0.2, 0) is 23.1 Å². The van der Waals surface area contributed by atoms with E-state index in [-0.39, 0.29) is 36.3 Å². The van der Waals surface area contributed by atoms with Crippen LogP contribution in [0.3, 0.4) is 0 Å². The lowest BCUT2D eigenvalue weighted by molar-refractivity contribution is -0.131. The second-order valence-electron chi connectivity index (χ2n) is 12.6. The molecule has 3 aliphatic rings. The van der Waals surface area contributed by atoms with Gasteiger partial charge in [0.05, 0.1) is 18.0 Å². The van der Waals surface area contributed by atoms with Gasteiger partial charge in [-0.15, -0.1) is 0 Å². The minimum absolute atomic E-state index is 0.0457. The molecule has 0 radical (unpaired) electrons. The van der Waals surface area contributed by atoms with E-state index in [1.54, 1.807) is 42.9 Å². The molecule has 2 heterocycles. The van der Waals surface area contributed by atoms with E-state index in [4.69, 9.17) is 0 Å². The number of aryl methyl sites for hydroxylation is 2. The Balaban J connectivity index is 1.39. The molecule has 3 aromatic rings. The van der Waals surface area contributed by atoms with Crippen LogP contribution in [0.5, 0.6) is 0 Å². The van der Waals surface area contributed by atoms with E-state index >= 15 is 0 Å². The molecule has 11 nitrogen and oxygen atoms in total. The summed E-state index contributed by atoms with van der Waals surface area (Å²) in [6.45, 7) is 0.612. The van der Waals surface area contributed by atoms with Crippen LogP contribution in [0, 0.1) is 17.2 Å². The molecule has 2 N–H and O–H groups in total. The number of hydrogen-bond donors (Lipinski definition) is 2. The molecular weight excluding hydrogens is 556 g/mol. The number of nitriles is 1. The van der Waals surface area contributed by atoms with Crippen LogP contribution in [0.1, 0.15) is 68.1 Å². The molecule has 44 heavy (non-hydrogen) atoms. The number of fused-ring (bicyclic) bond motifs is 3. The molecule has 2 aliphatic carbocycles. The van der Waals surface area contributed by atoms with E-state index in [9.17, 15) is 19.6 Å². The average Bonchev–Trinajstić information content (AvgIpc) is 3.41. The third kappa shape index (κ3) is 5.03. The van der Waals surface area contributed by atoms with Gasteiger partial charge in [0.2, 0.25) is 5.91 Å². The van der Waals surface area contributed by atoms with Gasteiger partial charge in [0, 0.05) is 45.4 Å². The first-order chi connectivity index (χ1) is 21.1. The molecule has 1 aromatic heterocycles. The Labute approximate surface area is 257 Å². The number of likely N-dealkylation sites (tertiary alicyclic amines) is 1. The minimum atomic E-state index is -0.794. The average molecular weight is 595 g/mol. The highest BCUT2D eigenvalue weighted by molar-refractivity contribution is 5.95. The van der Waals surface area contributed by atoms with Crippen LogP contribution >= 0.6 is 0 Å². The molecule has 3 amide bonds. The number of hydrogen-bond acceptors (Lipinski definition) is 7. The summed E-state index contributed by atoms with van der Waals surface area (Å²) in [6, 6.07) is 13.9. The number of piperidine rings is 1. The smallest absolute Gasteiger partial charge is 0.253 e. The van der Waals surface area contributed by atoms with Crippen LogP contribution in [0.15, 0.2) is 42.7 Å². The zero-order valence-electron chi connectivity index (χ0n) is 25.6. The third-order valence-corrected chi connectivity index (χ3v) is 9.41. The van der Waals surface area contributed by atoms with Crippen molar-refractivity contribution in [3.05, 3.63) is 81.9 Å². The van der Waals surface area contributed by atoms with Gasteiger partial charge in [-0.2, -0.15) is 10.4 Å². The summed E-state index contributed by atoms with van der Waals surface area (Å²) in [5, 5.41) is 20.3. The molecule has 3 atom stereocenters. The van der Waals surface area contributed by atoms with Gasteiger partial charge in [0.25, 0.3) is 11.8 Å². The van der Waals surface area contributed by atoms with Gasteiger partial charge in [-0.1, -0.05) is 12.1 Å². The fourth-order valence-electron chi connectivity index (χ4n) is 7.18. The quantitative estimate of drug-likeness (QED) is 0.381. The molecular formula is C33H38N8O3. The van der Waals surface area contributed by atoms with E-state index in [2.05, 4.69) is 26.6 Å². The second-order valence-corrected chi connectivity index (χ2v) is 12.6. The van der Waals surface area contributed by atoms with Gasteiger partial charge in [0.15, 0.2) is 0 Å². The minimum Gasteiger partial charge on any atom is -0.345 e. The standard InChI is InChI=1S/C33H38N8O3/c1-39(2)30(43)22-7-9-26-20(13-22)5-6-21-14-23(31(44)40(3)4)8-10-27(21)33(26,32-36-19-37-38-32)11-12-35-18-29(42)41-25(17-34)15-24-16-28(24)41/h7-10,13-14,19,24-25,28,35H,5-6,11-12,15-16,18H2,1-4H3,(H,36,37,38)/t24-,25?,28+/m1/s1. The van der Waals surface area contributed by atoms with Gasteiger partial charge < -0.3 is 20.0 Å². The van der Waals surface area contributed by atoms with E-state index < -0.39 is 5.41 Å².